The van der Waals surface area contributed by atoms with Crippen LogP contribution in [0.3, 0.4) is 0 Å². The Morgan fingerprint density at radius 3 is 2.18 bits per heavy atom. The molecule has 0 aliphatic rings. The monoisotopic (exact) mass is 158 g/mol. The molecular formula is C10H22O. The van der Waals surface area contributed by atoms with Crippen molar-refractivity contribution < 1.29 is 5.11 Å². The van der Waals surface area contributed by atoms with Crippen LogP contribution in [0.15, 0.2) is 0 Å². The van der Waals surface area contributed by atoms with E-state index in [9.17, 15) is 5.11 Å². The molecule has 0 saturated carbocycles. The third-order valence-electron chi connectivity index (χ3n) is 2.64. The SMILES string of the molecule is CCCCC(O)C(C)(C)CC. The van der Waals surface area contributed by atoms with Crippen molar-refractivity contribution in [2.24, 2.45) is 5.41 Å². The second-order valence-electron chi connectivity index (χ2n) is 4.00. The van der Waals surface area contributed by atoms with E-state index in [-0.39, 0.29) is 11.5 Å². The Hall–Kier alpha value is -0.0400. The second-order valence-corrected chi connectivity index (χ2v) is 4.00. The van der Waals surface area contributed by atoms with Crippen LogP contribution in [0.1, 0.15) is 53.4 Å². The molecule has 0 saturated heterocycles. The van der Waals surface area contributed by atoms with Crippen LogP contribution in [0.2, 0.25) is 0 Å². The van der Waals surface area contributed by atoms with Crippen molar-refractivity contribution in [2.45, 2.75) is 59.5 Å². The van der Waals surface area contributed by atoms with Crippen LogP contribution in [0.4, 0.5) is 0 Å². The van der Waals surface area contributed by atoms with Crippen molar-refractivity contribution in [3.63, 3.8) is 0 Å². The third kappa shape index (κ3) is 3.76. The summed E-state index contributed by atoms with van der Waals surface area (Å²) in [6.07, 6.45) is 4.21. The molecular weight excluding hydrogens is 136 g/mol. The Morgan fingerprint density at radius 1 is 1.27 bits per heavy atom. The van der Waals surface area contributed by atoms with Crippen LogP contribution in [0.5, 0.6) is 0 Å². The summed E-state index contributed by atoms with van der Waals surface area (Å²) in [6.45, 7) is 8.56. The molecule has 0 rings (SSSR count). The van der Waals surface area contributed by atoms with E-state index in [4.69, 9.17) is 0 Å². The highest BCUT2D eigenvalue weighted by Gasteiger charge is 2.24. The maximum absolute atomic E-state index is 9.71. The van der Waals surface area contributed by atoms with E-state index in [1.165, 1.54) is 6.42 Å². The average Bonchev–Trinajstić information content (AvgIpc) is 2.00. The van der Waals surface area contributed by atoms with Gasteiger partial charge in [0.2, 0.25) is 0 Å². The third-order valence-corrected chi connectivity index (χ3v) is 2.64. The Bertz CT molecular complexity index is 97.0. The molecule has 0 radical (unpaired) electrons. The Morgan fingerprint density at radius 2 is 1.82 bits per heavy atom. The highest BCUT2D eigenvalue weighted by Crippen LogP contribution is 2.27. The highest BCUT2D eigenvalue weighted by atomic mass is 16.3. The summed E-state index contributed by atoms with van der Waals surface area (Å²) in [5.74, 6) is 0. The van der Waals surface area contributed by atoms with Gasteiger partial charge in [-0.2, -0.15) is 0 Å². The normalized spacial score (nSPS) is 15.0. The smallest absolute Gasteiger partial charge is 0.0591 e. The Kier molecular flexibility index (Phi) is 4.74. The maximum Gasteiger partial charge on any atom is 0.0591 e. The van der Waals surface area contributed by atoms with Gasteiger partial charge in [-0.1, -0.05) is 40.5 Å². The van der Waals surface area contributed by atoms with Gasteiger partial charge >= 0.3 is 0 Å². The van der Waals surface area contributed by atoms with E-state index in [0.717, 1.165) is 19.3 Å². The quantitative estimate of drug-likeness (QED) is 0.652. The number of rotatable bonds is 5. The molecule has 0 aromatic heterocycles. The van der Waals surface area contributed by atoms with Gasteiger partial charge in [0, 0.05) is 0 Å². The van der Waals surface area contributed by atoms with Crippen molar-refractivity contribution in [1.82, 2.24) is 0 Å². The van der Waals surface area contributed by atoms with E-state index in [2.05, 4.69) is 27.7 Å². The highest BCUT2D eigenvalue weighted by molar-refractivity contribution is 4.75. The molecule has 0 fully saturated rings. The molecule has 0 aliphatic heterocycles. The van der Waals surface area contributed by atoms with E-state index in [1.54, 1.807) is 0 Å². The molecule has 1 heteroatoms. The first kappa shape index (κ1) is 11.0. The summed E-state index contributed by atoms with van der Waals surface area (Å²) in [6, 6.07) is 0. The fourth-order valence-electron chi connectivity index (χ4n) is 1.02. The van der Waals surface area contributed by atoms with Crippen LogP contribution in [0.25, 0.3) is 0 Å². The van der Waals surface area contributed by atoms with E-state index in [0.29, 0.717) is 0 Å². The van der Waals surface area contributed by atoms with Gasteiger partial charge in [-0.3, -0.25) is 0 Å². The Balaban J connectivity index is 3.71. The number of hydrogen-bond acceptors (Lipinski definition) is 1. The summed E-state index contributed by atoms with van der Waals surface area (Å²) >= 11 is 0. The molecule has 0 aromatic rings. The first-order valence-corrected chi connectivity index (χ1v) is 4.72. The first-order chi connectivity index (χ1) is 5.04. The number of aliphatic hydroxyl groups excluding tert-OH is 1. The lowest BCUT2D eigenvalue weighted by molar-refractivity contribution is 0.0388. The van der Waals surface area contributed by atoms with Crippen molar-refractivity contribution in [1.29, 1.82) is 0 Å². The van der Waals surface area contributed by atoms with Gasteiger partial charge in [-0.15, -0.1) is 0 Å². The first-order valence-electron chi connectivity index (χ1n) is 4.72. The van der Waals surface area contributed by atoms with Gasteiger partial charge in [0.25, 0.3) is 0 Å². The maximum atomic E-state index is 9.71. The predicted octanol–water partition coefficient (Wildman–Crippen LogP) is 2.97. The van der Waals surface area contributed by atoms with Crippen LogP contribution in [-0.4, -0.2) is 11.2 Å². The zero-order valence-electron chi connectivity index (χ0n) is 8.35. The lowest BCUT2D eigenvalue weighted by Gasteiger charge is -2.29. The molecule has 0 heterocycles. The van der Waals surface area contributed by atoms with Crippen LogP contribution in [-0.2, 0) is 0 Å². The predicted molar refractivity (Wildman–Crippen MR) is 49.6 cm³/mol. The van der Waals surface area contributed by atoms with Crippen LogP contribution in [0, 0.1) is 5.41 Å². The number of unbranched alkanes of at least 4 members (excludes halogenated alkanes) is 1. The summed E-state index contributed by atoms with van der Waals surface area (Å²) in [5, 5.41) is 9.71. The van der Waals surface area contributed by atoms with Gasteiger partial charge in [-0.05, 0) is 18.3 Å². The zero-order chi connectivity index (χ0) is 8.91. The number of hydrogen-bond donors (Lipinski definition) is 1. The van der Waals surface area contributed by atoms with Crippen LogP contribution < -0.4 is 0 Å². The fourth-order valence-corrected chi connectivity index (χ4v) is 1.02. The van der Waals surface area contributed by atoms with Gasteiger partial charge in [-0.25, -0.2) is 0 Å². The largest absolute Gasteiger partial charge is 0.393 e. The molecule has 0 amide bonds. The van der Waals surface area contributed by atoms with Gasteiger partial charge in [0.1, 0.15) is 0 Å². The molecule has 0 aromatic carbocycles. The molecule has 1 nitrogen and oxygen atoms in total. The molecule has 68 valence electrons. The van der Waals surface area contributed by atoms with Gasteiger partial charge in [0.15, 0.2) is 0 Å². The van der Waals surface area contributed by atoms with E-state index >= 15 is 0 Å². The molecule has 1 atom stereocenters. The fraction of sp³-hybridized carbons (Fsp3) is 1.00. The minimum Gasteiger partial charge on any atom is -0.393 e. The van der Waals surface area contributed by atoms with E-state index in [1.807, 2.05) is 0 Å². The minimum atomic E-state index is -0.118. The van der Waals surface area contributed by atoms with Crippen molar-refractivity contribution in [3.05, 3.63) is 0 Å². The van der Waals surface area contributed by atoms with Crippen molar-refractivity contribution in [3.8, 4) is 0 Å². The standard InChI is InChI=1S/C10H22O/c1-5-7-8-9(11)10(3,4)6-2/h9,11H,5-8H2,1-4H3. The summed E-state index contributed by atoms with van der Waals surface area (Å²) in [4.78, 5) is 0. The van der Waals surface area contributed by atoms with Gasteiger partial charge in [0.05, 0.1) is 6.10 Å². The van der Waals surface area contributed by atoms with Gasteiger partial charge < -0.3 is 5.11 Å². The molecule has 11 heavy (non-hydrogen) atoms. The Labute approximate surface area is 70.8 Å². The molecule has 0 spiro atoms. The van der Waals surface area contributed by atoms with E-state index < -0.39 is 0 Å². The number of aliphatic hydroxyl groups is 1. The topological polar surface area (TPSA) is 20.2 Å². The molecule has 0 aliphatic carbocycles. The minimum absolute atomic E-state index is 0.106. The van der Waals surface area contributed by atoms with Crippen LogP contribution >= 0.6 is 0 Å². The lowest BCUT2D eigenvalue weighted by atomic mass is 9.82. The van der Waals surface area contributed by atoms with Crippen molar-refractivity contribution in [2.75, 3.05) is 0 Å². The molecule has 1 N–H and O–H groups in total. The lowest BCUT2D eigenvalue weighted by Crippen LogP contribution is -2.28. The van der Waals surface area contributed by atoms with Crippen molar-refractivity contribution >= 4 is 0 Å². The summed E-state index contributed by atoms with van der Waals surface area (Å²) < 4.78 is 0. The molecule has 0 bridgehead atoms. The zero-order valence-corrected chi connectivity index (χ0v) is 8.35. The summed E-state index contributed by atoms with van der Waals surface area (Å²) in [7, 11) is 0. The summed E-state index contributed by atoms with van der Waals surface area (Å²) in [5.41, 5.74) is 0.106. The second kappa shape index (κ2) is 4.76. The average molecular weight is 158 g/mol. The molecule has 1 unspecified atom stereocenters.